The monoisotopic (exact) mass is 337 g/mol. The van der Waals surface area contributed by atoms with E-state index < -0.39 is 0 Å². The summed E-state index contributed by atoms with van der Waals surface area (Å²) in [5.74, 6) is 1.39. The van der Waals surface area contributed by atoms with Crippen molar-refractivity contribution < 1.29 is 14.1 Å². The number of hydrogen-bond donors (Lipinski definition) is 1. The Kier molecular flexibility index (Phi) is 5.80. The zero-order valence-electron chi connectivity index (χ0n) is 14.5. The molecular weight excluding hydrogens is 310 g/mol. The lowest BCUT2D eigenvalue weighted by atomic mass is 10.2. The fraction of sp³-hybridized carbons (Fsp3) is 0.812. The number of carbonyl (C=O) groups excluding carboxylic acids is 1. The van der Waals surface area contributed by atoms with E-state index in [0.717, 1.165) is 39.0 Å². The first-order valence-corrected chi connectivity index (χ1v) is 8.70. The Labute approximate surface area is 142 Å². The summed E-state index contributed by atoms with van der Waals surface area (Å²) in [6, 6.07) is 0.412. The van der Waals surface area contributed by atoms with E-state index in [9.17, 15) is 4.79 Å². The van der Waals surface area contributed by atoms with Gasteiger partial charge in [-0.1, -0.05) is 5.16 Å². The molecule has 134 valence electrons. The summed E-state index contributed by atoms with van der Waals surface area (Å²) < 4.78 is 10.5. The van der Waals surface area contributed by atoms with Crippen LogP contribution >= 0.6 is 0 Å². The van der Waals surface area contributed by atoms with Crippen LogP contribution in [0.5, 0.6) is 0 Å². The molecule has 24 heavy (non-hydrogen) atoms. The molecule has 2 atom stereocenters. The van der Waals surface area contributed by atoms with Gasteiger partial charge in [0.15, 0.2) is 5.82 Å². The van der Waals surface area contributed by atoms with Crippen molar-refractivity contribution in [2.24, 2.45) is 0 Å². The second-order valence-corrected chi connectivity index (χ2v) is 6.76. The first kappa shape index (κ1) is 17.3. The van der Waals surface area contributed by atoms with Gasteiger partial charge in [0, 0.05) is 39.2 Å². The number of likely N-dealkylation sites (tertiary alicyclic amines) is 1. The number of nitrogens with one attached hydrogen (secondary N) is 1. The molecule has 0 unspecified atom stereocenters. The third-order valence-electron chi connectivity index (χ3n) is 4.75. The molecular formula is C16H27N5O3. The van der Waals surface area contributed by atoms with Crippen LogP contribution in [-0.4, -0.2) is 77.8 Å². The zero-order chi connectivity index (χ0) is 16.9. The molecule has 1 aromatic rings. The van der Waals surface area contributed by atoms with Gasteiger partial charge < -0.3 is 14.6 Å². The second kappa shape index (κ2) is 8.04. The van der Waals surface area contributed by atoms with E-state index >= 15 is 0 Å². The largest absolute Gasteiger partial charge is 0.376 e. The van der Waals surface area contributed by atoms with Crippen molar-refractivity contribution in [3.63, 3.8) is 0 Å². The average Bonchev–Trinajstić information content (AvgIpc) is 3.27. The molecule has 1 aromatic heterocycles. The highest BCUT2D eigenvalue weighted by molar-refractivity contribution is 5.78. The van der Waals surface area contributed by atoms with Crippen molar-refractivity contribution >= 4 is 5.91 Å². The van der Waals surface area contributed by atoms with Gasteiger partial charge in [0.1, 0.15) is 0 Å². The summed E-state index contributed by atoms with van der Waals surface area (Å²) >= 11 is 0. The lowest BCUT2D eigenvalue weighted by Gasteiger charge is -2.23. The van der Waals surface area contributed by atoms with Crippen LogP contribution in [0.3, 0.4) is 0 Å². The molecule has 2 aliphatic heterocycles. The quantitative estimate of drug-likeness (QED) is 0.760. The molecule has 0 spiro atoms. The zero-order valence-corrected chi connectivity index (χ0v) is 14.5. The molecule has 8 nitrogen and oxygen atoms in total. The van der Waals surface area contributed by atoms with Crippen LogP contribution in [-0.2, 0) is 16.1 Å². The first-order valence-electron chi connectivity index (χ1n) is 8.70. The fourth-order valence-corrected chi connectivity index (χ4v) is 3.37. The predicted molar refractivity (Wildman–Crippen MR) is 87.3 cm³/mol. The van der Waals surface area contributed by atoms with Crippen LogP contribution in [0.25, 0.3) is 0 Å². The van der Waals surface area contributed by atoms with E-state index in [1.165, 1.54) is 0 Å². The van der Waals surface area contributed by atoms with Crippen molar-refractivity contribution in [3.8, 4) is 0 Å². The van der Waals surface area contributed by atoms with E-state index in [0.29, 0.717) is 37.4 Å². The van der Waals surface area contributed by atoms with Crippen molar-refractivity contribution in [2.45, 2.75) is 44.9 Å². The second-order valence-electron chi connectivity index (χ2n) is 6.76. The Morgan fingerprint density at radius 1 is 1.46 bits per heavy atom. The number of rotatable bonds is 7. The van der Waals surface area contributed by atoms with Crippen LogP contribution in [0, 0.1) is 6.92 Å². The molecule has 0 aromatic carbocycles. The fourth-order valence-electron chi connectivity index (χ4n) is 3.37. The molecule has 2 saturated heterocycles. The van der Waals surface area contributed by atoms with Gasteiger partial charge in [-0.2, -0.15) is 4.98 Å². The highest BCUT2D eigenvalue weighted by Gasteiger charge is 2.27. The lowest BCUT2D eigenvalue weighted by Crippen LogP contribution is -2.41. The molecule has 3 rings (SSSR count). The molecule has 0 aliphatic carbocycles. The third kappa shape index (κ3) is 4.75. The van der Waals surface area contributed by atoms with Crippen molar-refractivity contribution in [1.82, 2.24) is 25.3 Å². The van der Waals surface area contributed by atoms with Gasteiger partial charge >= 0.3 is 0 Å². The van der Waals surface area contributed by atoms with Gasteiger partial charge in [-0.25, -0.2) is 0 Å². The molecule has 2 fully saturated rings. The van der Waals surface area contributed by atoms with Gasteiger partial charge in [-0.15, -0.1) is 0 Å². The van der Waals surface area contributed by atoms with Crippen LogP contribution in [0.15, 0.2) is 4.52 Å². The lowest BCUT2D eigenvalue weighted by molar-refractivity contribution is -0.122. The van der Waals surface area contributed by atoms with Gasteiger partial charge in [-0.3, -0.25) is 14.6 Å². The van der Waals surface area contributed by atoms with Crippen LogP contribution < -0.4 is 5.32 Å². The van der Waals surface area contributed by atoms with E-state index in [1.54, 1.807) is 6.92 Å². The van der Waals surface area contributed by atoms with Crippen LogP contribution in [0.2, 0.25) is 0 Å². The maximum atomic E-state index is 12.1. The number of aromatic nitrogens is 2. The van der Waals surface area contributed by atoms with E-state index in [1.807, 2.05) is 0 Å². The maximum Gasteiger partial charge on any atom is 0.234 e. The van der Waals surface area contributed by atoms with Gasteiger partial charge in [-0.05, 0) is 26.3 Å². The summed E-state index contributed by atoms with van der Waals surface area (Å²) in [6.45, 7) is 6.20. The number of likely N-dealkylation sites (N-methyl/N-ethyl adjacent to an activating group) is 1. The van der Waals surface area contributed by atoms with Gasteiger partial charge in [0.25, 0.3) is 0 Å². The minimum atomic E-state index is 0.0857. The molecule has 0 bridgehead atoms. The summed E-state index contributed by atoms with van der Waals surface area (Å²) in [7, 11) is 2.07. The Hall–Kier alpha value is -1.51. The maximum absolute atomic E-state index is 12.1. The summed E-state index contributed by atoms with van der Waals surface area (Å²) in [6.07, 6.45) is 3.39. The summed E-state index contributed by atoms with van der Waals surface area (Å²) in [5.41, 5.74) is 0. The summed E-state index contributed by atoms with van der Waals surface area (Å²) in [5, 5.41) is 6.93. The molecule has 3 heterocycles. The van der Waals surface area contributed by atoms with Gasteiger partial charge in [0.05, 0.1) is 19.2 Å². The van der Waals surface area contributed by atoms with E-state index in [2.05, 4.69) is 32.3 Å². The number of aryl methyl sites for hydroxylation is 1. The highest BCUT2D eigenvalue weighted by Crippen LogP contribution is 2.16. The molecule has 2 aliphatic rings. The number of hydrogen-bond acceptors (Lipinski definition) is 7. The number of nitrogens with zero attached hydrogens (tertiary/aromatic N) is 4. The Balaban J connectivity index is 1.37. The van der Waals surface area contributed by atoms with E-state index in [4.69, 9.17) is 9.26 Å². The minimum Gasteiger partial charge on any atom is -0.376 e. The van der Waals surface area contributed by atoms with Crippen molar-refractivity contribution in [3.05, 3.63) is 11.7 Å². The molecule has 0 saturated carbocycles. The number of amides is 1. The average molecular weight is 337 g/mol. The topological polar surface area (TPSA) is 83.7 Å². The normalized spacial score (nSPS) is 24.8. The third-order valence-corrected chi connectivity index (χ3v) is 4.75. The van der Waals surface area contributed by atoms with Crippen LogP contribution in [0.4, 0.5) is 0 Å². The summed E-state index contributed by atoms with van der Waals surface area (Å²) in [4.78, 5) is 20.7. The van der Waals surface area contributed by atoms with Crippen LogP contribution in [0.1, 0.15) is 31.0 Å². The SMILES string of the molecule is Cc1nc(CN(C)[C@@H]2CCN(CC(=O)NC[C@H]3CCCO3)C2)no1. The van der Waals surface area contributed by atoms with Crippen molar-refractivity contribution in [1.29, 1.82) is 0 Å². The standard InChI is InChI=1S/C16H27N5O3/c1-12-18-15(19-24-12)10-20(2)13-5-6-21(9-13)11-16(22)17-8-14-4-3-7-23-14/h13-14H,3-11H2,1-2H3,(H,17,22)/t13-,14-/m1/s1. The van der Waals surface area contributed by atoms with E-state index in [-0.39, 0.29) is 12.0 Å². The Morgan fingerprint density at radius 2 is 2.33 bits per heavy atom. The highest BCUT2D eigenvalue weighted by atomic mass is 16.5. The molecule has 8 heteroatoms. The minimum absolute atomic E-state index is 0.0857. The number of ether oxygens (including phenoxy) is 1. The molecule has 0 radical (unpaired) electrons. The smallest absolute Gasteiger partial charge is 0.234 e. The Morgan fingerprint density at radius 3 is 3.04 bits per heavy atom. The molecule has 1 amide bonds. The van der Waals surface area contributed by atoms with Crippen molar-refractivity contribution in [2.75, 3.05) is 39.8 Å². The molecule has 1 N–H and O–H groups in total. The number of carbonyl (C=O) groups is 1. The van der Waals surface area contributed by atoms with Gasteiger partial charge in [0.2, 0.25) is 11.8 Å². The first-order chi connectivity index (χ1) is 11.6. The Bertz CT molecular complexity index is 544. The predicted octanol–water partition coefficient (Wildman–Crippen LogP) is 0.179.